The van der Waals surface area contributed by atoms with Crippen molar-refractivity contribution in [1.82, 2.24) is 20.4 Å². The summed E-state index contributed by atoms with van der Waals surface area (Å²) in [5, 5.41) is 6.65. The first-order valence-electron chi connectivity index (χ1n) is 7.94. The molecule has 0 aliphatic rings. The van der Waals surface area contributed by atoms with Gasteiger partial charge in [0.25, 0.3) is 5.91 Å². The monoisotopic (exact) mass is 346 g/mol. The fourth-order valence-corrected chi connectivity index (χ4v) is 2.51. The Morgan fingerprint density at radius 2 is 2.00 bits per heavy atom. The normalized spacial score (nSPS) is 10.6. The molecule has 0 bridgehead atoms. The zero-order valence-corrected chi connectivity index (χ0v) is 13.6. The van der Waals surface area contributed by atoms with Gasteiger partial charge in [-0.05, 0) is 30.3 Å². The van der Waals surface area contributed by atoms with Gasteiger partial charge in [0.15, 0.2) is 17.2 Å². The number of furan rings is 1. The Morgan fingerprint density at radius 3 is 2.81 bits per heavy atom. The highest BCUT2D eigenvalue weighted by Gasteiger charge is 2.15. The minimum Gasteiger partial charge on any atom is -0.463 e. The maximum absolute atomic E-state index is 12.4. The fraction of sp³-hybridized carbons (Fsp3) is 0.0526. The van der Waals surface area contributed by atoms with E-state index in [2.05, 4.69) is 20.4 Å². The zero-order valence-electron chi connectivity index (χ0n) is 13.6. The summed E-state index contributed by atoms with van der Waals surface area (Å²) in [7, 11) is 0. The van der Waals surface area contributed by atoms with Gasteiger partial charge < -0.3 is 14.3 Å². The Balaban J connectivity index is 1.48. The van der Waals surface area contributed by atoms with Gasteiger partial charge in [-0.3, -0.25) is 14.8 Å². The molecule has 0 atom stereocenters. The van der Waals surface area contributed by atoms with Gasteiger partial charge in [0.1, 0.15) is 5.69 Å². The lowest BCUT2D eigenvalue weighted by molar-refractivity contribution is 0.0942. The number of nitrogens with one attached hydrogen (secondary N) is 1. The molecule has 0 spiro atoms. The fourth-order valence-electron chi connectivity index (χ4n) is 2.51. The van der Waals surface area contributed by atoms with Gasteiger partial charge in [0.05, 0.1) is 6.26 Å². The largest absolute Gasteiger partial charge is 0.463 e. The molecule has 1 N–H and O–H groups in total. The second-order valence-electron chi connectivity index (χ2n) is 5.49. The Bertz CT molecular complexity index is 1010. The number of hydrogen-bond acceptors (Lipinski definition) is 6. The van der Waals surface area contributed by atoms with E-state index >= 15 is 0 Å². The van der Waals surface area contributed by atoms with Crippen LogP contribution < -0.4 is 5.32 Å². The molecule has 4 aromatic heterocycles. The summed E-state index contributed by atoms with van der Waals surface area (Å²) < 4.78 is 10.6. The molecule has 26 heavy (non-hydrogen) atoms. The molecule has 0 unspecified atom stereocenters. The van der Waals surface area contributed by atoms with Gasteiger partial charge >= 0.3 is 0 Å². The Morgan fingerprint density at radius 1 is 1.08 bits per heavy atom. The Labute approximate surface area is 148 Å². The molecule has 0 aromatic carbocycles. The maximum atomic E-state index is 12.4. The first kappa shape index (κ1) is 15.8. The highest BCUT2D eigenvalue weighted by atomic mass is 16.5. The Kier molecular flexibility index (Phi) is 4.26. The van der Waals surface area contributed by atoms with E-state index < -0.39 is 0 Å². The number of nitrogens with zero attached hydrogens (tertiary/aromatic N) is 3. The third kappa shape index (κ3) is 3.23. The molecule has 128 valence electrons. The molecular formula is C19H14N4O3. The molecule has 7 heteroatoms. The summed E-state index contributed by atoms with van der Waals surface area (Å²) in [6.07, 6.45) is 6.58. The van der Waals surface area contributed by atoms with Gasteiger partial charge in [0, 0.05) is 42.3 Å². The van der Waals surface area contributed by atoms with E-state index in [1.165, 1.54) is 0 Å². The number of aromatic nitrogens is 3. The lowest BCUT2D eigenvalue weighted by Gasteiger charge is -2.07. The molecule has 0 saturated heterocycles. The SMILES string of the molecule is O=C(NCc1cccnc1-c1ccco1)c1cc(-c2cccnc2)on1. The van der Waals surface area contributed by atoms with Crippen molar-refractivity contribution in [2.45, 2.75) is 6.54 Å². The molecule has 4 heterocycles. The van der Waals surface area contributed by atoms with E-state index in [1.54, 1.807) is 43.1 Å². The van der Waals surface area contributed by atoms with Gasteiger partial charge in [-0.15, -0.1) is 0 Å². The molecule has 0 fully saturated rings. The predicted molar refractivity (Wildman–Crippen MR) is 92.8 cm³/mol. The van der Waals surface area contributed by atoms with E-state index in [1.807, 2.05) is 24.3 Å². The van der Waals surface area contributed by atoms with Crippen molar-refractivity contribution in [1.29, 1.82) is 0 Å². The summed E-state index contributed by atoms with van der Waals surface area (Å²) in [6, 6.07) is 12.5. The van der Waals surface area contributed by atoms with Gasteiger partial charge in [-0.1, -0.05) is 11.2 Å². The second kappa shape index (κ2) is 7.02. The number of carbonyl (C=O) groups is 1. The highest BCUT2D eigenvalue weighted by molar-refractivity contribution is 5.93. The van der Waals surface area contributed by atoms with Crippen LogP contribution in [0.4, 0.5) is 0 Å². The van der Waals surface area contributed by atoms with E-state index in [0.29, 0.717) is 17.2 Å². The van der Waals surface area contributed by atoms with Crippen LogP contribution in [0.5, 0.6) is 0 Å². The smallest absolute Gasteiger partial charge is 0.273 e. The molecule has 0 saturated carbocycles. The number of pyridine rings is 2. The van der Waals surface area contributed by atoms with Crippen LogP contribution in [0, 0.1) is 0 Å². The topological polar surface area (TPSA) is 94.1 Å². The van der Waals surface area contributed by atoms with Crippen LogP contribution in [0.25, 0.3) is 22.8 Å². The van der Waals surface area contributed by atoms with Crippen molar-refractivity contribution in [3.8, 4) is 22.8 Å². The van der Waals surface area contributed by atoms with Crippen LogP contribution in [0.2, 0.25) is 0 Å². The number of rotatable bonds is 5. The standard InChI is InChI=1S/C19H14N4O3/c24-19(15-10-17(26-23-15)13-4-1-7-20-11-13)22-12-14-5-2-8-21-18(14)16-6-3-9-25-16/h1-11H,12H2,(H,22,24). The molecule has 7 nitrogen and oxygen atoms in total. The highest BCUT2D eigenvalue weighted by Crippen LogP contribution is 2.22. The first-order chi connectivity index (χ1) is 12.8. The van der Waals surface area contributed by atoms with E-state index in [9.17, 15) is 4.79 Å². The molecule has 4 aromatic rings. The summed E-state index contributed by atoms with van der Waals surface area (Å²) in [5.74, 6) is 0.800. The average molecular weight is 346 g/mol. The molecule has 1 amide bonds. The van der Waals surface area contributed by atoms with Crippen LogP contribution >= 0.6 is 0 Å². The summed E-state index contributed by atoms with van der Waals surface area (Å²) in [5.41, 5.74) is 2.49. The number of carbonyl (C=O) groups excluding carboxylic acids is 1. The zero-order chi connectivity index (χ0) is 17.8. The first-order valence-corrected chi connectivity index (χ1v) is 7.94. The third-order valence-electron chi connectivity index (χ3n) is 3.77. The molecule has 0 aliphatic heterocycles. The minimum absolute atomic E-state index is 0.201. The summed E-state index contributed by atoms with van der Waals surface area (Å²) in [6.45, 7) is 0.289. The summed E-state index contributed by atoms with van der Waals surface area (Å²) >= 11 is 0. The average Bonchev–Trinajstić information content (AvgIpc) is 3.39. The van der Waals surface area contributed by atoms with Gasteiger partial charge in [-0.25, -0.2) is 0 Å². The van der Waals surface area contributed by atoms with Crippen molar-refractivity contribution in [2.75, 3.05) is 0 Å². The minimum atomic E-state index is -0.335. The predicted octanol–water partition coefficient (Wildman–Crippen LogP) is 3.32. The second-order valence-corrected chi connectivity index (χ2v) is 5.49. The van der Waals surface area contributed by atoms with Crippen LogP contribution in [-0.2, 0) is 6.54 Å². The molecule has 4 rings (SSSR count). The van der Waals surface area contributed by atoms with E-state index in [4.69, 9.17) is 8.94 Å². The van der Waals surface area contributed by atoms with Crippen molar-refractivity contribution in [2.24, 2.45) is 0 Å². The van der Waals surface area contributed by atoms with E-state index in [0.717, 1.165) is 11.1 Å². The quantitative estimate of drug-likeness (QED) is 0.596. The van der Waals surface area contributed by atoms with Crippen LogP contribution in [0.15, 0.2) is 76.3 Å². The van der Waals surface area contributed by atoms with Crippen molar-refractivity contribution >= 4 is 5.91 Å². The van der Waals surface area contributed by atoms with Crippen molar-refractivity contribution in [3.05, 3.63) is 78.6 Å². The van der Waals surface area contributed by atoms with Crippen LogP contribution in [0.3, 0.4) is 0 Å². The molecule has 0 aliphatic carbocycles. The number of amides is 1. The van der Waals surface area contributed by atoms with Crippen molar-refractivity contribution in [3.63, 3.8) is 0 Å². The molecular weight excluding hydrogens is 332 g/mol. The van der Waals surface area contributed by atoms with Crippen LogP contribution in [0.1, 0.15) is 16.1 Å². The third-order valence-corrected chi connectivity index (χ3v) is 3.77. The van der Waals surface area contributed by atoms with Gasteiger partial charge in [-0.2, -0.15) is 0 Å². The van der Waals surface area contributed by atoms with Crippen LogP contribution in [-0.4, -0.2) is 21.0 Å². The lowest BCUT2D eigenvalue weighted by atomic mass is 10.1. The van der Waals surface area contributed by atoms with Gasteiger partial charge in [0.2, 0.25) is 0 Å². The Hall–Kier alpha value is -3.74. The lowest BCUT2D eigenvalue weighted by Crippen LogP contribution is -2.23. The summed E-state index contributed by atoms with van der Waals surface area (Å²) in [4.78, 5) is 20.7. The molecule has 0 radical (unpaired) electrons. The number of hydrogen-bond donors (Lipinski definition) is 1. The van der Waals surface area contributed by atoms with Crippen molar-refractivity contribution < 1.29 is 13.7 Å². The maximum Gasteiger partial charge on any atom is 0.273 e. The van der Waals surface area contributed by atoms with E-state index in [-0.39, 0.29) is 18.1 Å².